The summed E-state index contributed by atoms with van der Waals surface area (Å²) in [7, 11) is 1.32. The molecule has 15 heavy (non-hydrogen) atoms. The summed E-state index contributed by atoms with van der Waals surface area (Å²) in [6.07, 6.45) is 2.27. The van der Waals surface area contributed by atoms with E-state index in [1.807, 2.05) is 0 Å². The Labute approximate surface area is 87.0 Å². The van der Waals surface area contributed by atoms with Crippen LogP contribution in [0.1, 0.15) is 16.9 Å². The largest absolute Gasteiger partial charge is 0.491 e. The number of pyridine rings is 1. The van der Waals surface area contributed by atoms with E-state index in [-0.39, 0.29) is 19.0 Å². The van der Waals surface area contributed by atoms with Crippen LogP contribution in [0.4, 0.5) is 0 Å². The molecule has 0 fully saturated rings. The van der Waals surface area contributed by atoms with Crippen LogP contribution in [-0.2, 0) is 9.53 Å². The van der Waals surface area contributed by atoms with Crippen molar-refractivity contribution < 1.29 is 19.1 Å². The molecule has 0 aliphatic carbocycles. The Morgan fingerprint density at radius 2 is 2.33 bits per heavy atom. The fourth-order valence-electron chi connectivity index (χ4n) is 0.901. The van der Waals surface area contributed by atoms with Gasteiger partial charge in [0.15, 0.2) is 6.29 Å². The normalized spacial score (nSPS) is 9.40. The van der Waals surface area contributed by atoms with Crippen molar-refractivity contribution in [1.29, 1.82) is 0 Å². The second kappa shape index (κ2) is 5.74. The van der Waals surface area contributed by atoms with Crippen LogP contribution in [0.3, 0.4) is 0 Å². The Balaban J connectivity index is 2.37. The maximum Gasteiger partial charge on any atom is 0.308 e. The molecule has 80 valence electrons. The summed E-state index contributed by atoms with van der Waals surface area (Å²) >= 11 is 0. The number of ether oxygens (including phenoxy) is 2. The van der Waals surface area contributed by atoms with Gasteiger partial charge in [0.2, 0.25) is 0 Å². The van der Waals surface area contributed by atoms with Crippen LogP contribution in [0.15, 0.2) is 18.3 Å². The number of hydrogen-bond donors (Lipinski definition) is 0. The first-order chi connectivity index (χ1) is 7.26. The van der Waals surface area contributed by atoms with E-state index in [4.69, 9.17) is 4.74 Å². The number of methoxy groups -OCH3 is 1. The molecule has 1 heterocycles. The summed E-state index contributed by atoms with van der Waals surface area (Å²) < 4.78 is 9.64. The van der Waals surface area contributed by atoms with Gasteiger partial charge in [0.1, 0.15) is 11.4 Å². The van der Waals surface area contributed by atoms with Gasteiger partial charge in [0.25, 0.3) is 0 Å². The van der Waals surface area contributed by atoms with Gasteiger partial charge in [-0.05, 0) is 12.1 Å². The van der Waals surface area contributed by atoms with Crippen molar-refractivity contribution in [3.63, 3.8) is 0 Å². The first-order valence-corrected chi connectivity index (χ1v) is 4.37. The molecule has 0 atom stereocenters. The average molecular weight is 209 g/mol. The smallest absolute Gasteiger partial charge is 0.308 e. The number of aromatic nitrogens is 1. The van der Waals surface area contributed by atoms with E-state index >= 15 is 0 Å². The third-order valence-corrected chi connectivity index (χ3v) is 1.68. The summed E-state index contributed by atoms with van der Waals surface area (Å²) in [5, 5.41) is 0. The molecule has 1 aromatic rings. The van der Waals surface area contributed by atoms with Gasteiger partial charge in [0.05, 0.1) is 26.3 Å². The number of aldehydes is 1. The Hall–Kier alpha value is -1.91. The standard InChI is InChI=1S/C10H11NO4/c1-14-10(13)4-5-15-9-3-2-8(7-12)11-6-9/h2-3,6-7H,4-5H2,1H3. The lowest BCUT2D eigenvalue weighted by atomic mass is 10.3. The highest BCUT2D eigenvalue weighted by Gasteiger charge is 2.01. The highest BCUT2D eigenvalue weighted by molar-refractivity contribution is 5.71. The van der Waals surface area contributed by atoms with E-state index in [1.165, 1.54) is 13.3 Å². The van der Waals surface area contributed by atoms with Crippen molar-refractivity contribution in [1.82, 2.24) is 4.98 Å². The van der Waals surface area contributed by atoms with Crippen LogP contribution in [0.5, 0.6) is 5.75 Å². The van der Waals surface area contributed by atoms with Crippen LogP contribution in [0, 0.1) is 0 Å². The molecule has 0 spiro atoms. The summed E-state index contributed by atoms with van der Waals surface area (Å²) in [5.41, 5.74) is 0.343. The molecular weight excluding hydrogens is 198 g/mol. The van der Waals surface area contributed by atoms with Crippen LogP contribution >= 0.6 is 0 Å². The topological polar surface area (TPSA) is 65.5 Å². The van der Waals surface area contributed by atoms with Crippen molar-refractivity contribution in [2.75, 3.05) is 13.7 Å². The molecule has 0 saturated carbocycles. The van der Waals surface area contributed by atoms with Crippen molar-refractivity contribution in [2.24, 2.45) is 0 Å². The van der Waals surface area contributed by atoms with Gasteiger partial charge in [-0.1, -0.05) is 0 Å². The zero-order valence-electron chi connectivity index (χ0n) is 8.30. The van der Waals surface area contributed by atoms with Crippen LogP contribution < -0.4 is 4.74 Å². The molecule has 0 radical (unpaired) electrons. The van der Waals surface area contributed by atoms with E-state index in [0.717, 1.165) is 0 Å². The van der Waals surface area contributed by atoms with E-state index in [9.17, 15) is 9.59 Å². The zero-order valence-corrected chi connectivity index (χ0v) is 8.30. The number of esters is 1. The molecule has 0 aliphatic rings. The molecule has 0 N–H and O–H groups in total. The van der Waals surface area contributed by atoms with Gasteiger partial charge in [0, 0.05) is 0 Å². The summed E-state index contributed by atoms with van der Waals surface area (Å²) in [6, 6.07) is 3.16. The lowest BCUT2D eigenvalue weighted by Crippen LogP contribution is -2.07. The highest BCUT2D eigenvalue weighted by Crippen LogP contribution is 2.08. The summed E-state index contributed by atoms with van der Waals surface area (Å²) in [4.78, 5) is 24.8. The number of carbonyl (C=O) groups is 2. The van der Waals surface area contributed by atoms with Crippen molar-refractivity contribution in [3.8, 4) is 5.75 Å². The maximum atomic E-state index is 10.7. The number of nitrogens with zero attached hydrogens (tertiary/aromatic N) is 1. The number of rotatable bonds is 5. The maximum absolute atomic E-state index is 10.7. The SMILES string of the molecule is COC(=O)CCOc1ccc(C=O)nc1. The minimum absolute atomic E-state index is 0.186. The Morgan fingerprint density at radius 1 is 1.53 bits per heavy atom. The van der Waals surface area contributed by atoms with Gasteiger partial charge in [-0.2, -0.15) is 0 Å². The Kier molecular flexibility index (Phi) is 4.28. The minimum Gasteiger partial charge on any atom is -0.491 e. The number of hydrogen-bond acceptors (Lipinski definition) is 5. The fraction of sp³-hybridized carbons (Fsp3) is 0.300. The van der Waals surface area contributed by atoms with Gasteiger partial charge < -0.3 is 9.47 Å². The molecule has 1 rings (SSSR count). The fourth-order valence-corrected chi connectivity index (χ4v) is 0.901. The lowest BCUT2D eigenvalue weighted by Gasteiger charge is -2.04. The second-order valence-corrected chi connectivity index (χ2v) is 2.71. The van der Waals surface area contributed by atoms with E-state index < -0.39 is 0 Å². The van der Waals surface area contributed by atoms with Gasteiger partial charge >= 0.3 is 5.97 Å². The van der Waals surface area contributed by atoms with Crippen molar-refractivity contribution in [3.05, 3.63) is 24.0 Å². The van der Waals surface area contributed by atoms with Crippen LogP contribution in [0.25, 0.3) is 0 Å². The molecule has 0 aliphatic heterocycles. The summed E-state index contributed by atoms with van der Waals surface area (Å²) in [6.45, 7) is 0.231. The molecular formula is C10H11NO4. The van der Waals surface area contributed by atoms with Crippen LogP contribution in [-0.4, -0.2) is 31.0 Å². The van der Waals surface area contributed by atoms with Crippen LogP contribution in [0.2, 0.25) is 0 Å². The molecule has 5 heteroatoms. The third kappa shape index (κ3) is 3.76. The quantitative estimate of drug-likeness (QED) is 0.531. The van der Waals surface area contributed by atoms with E-state index in [2.05, 4.69) is 9.72 Å². The van der Waals surface area contributed by atoms with Gasteiger partial charge in [-0.25, -0.2) is 4.98 Å². The molecule has 0 amide bonds. The summed E-state index contributed by atoms with van der Waals surface area (Å²) in [5.74, 6) is 0.192. The third-order valence-electron chi connectivity index (χ3n) is 1.68. The Bertz CT molecular complexity index is 334. The van der Waals surface area contributed by atoms with Gasteiger partial charge in [-0.15, -0.1) is 0 Å². The monoisotopic (exact) mass is 209 g/mol. The minimum atomic E-state index is -0.326. The van der Waals surface area contributed by atoms with Crippen molar-refractivity contribution in [2.45, 2.75) is 6.42 Å². The predicted molar refractivity (Wildman–Crippen MR) is 51.8 cm³/mol. The zero-order chi connectivity index (χ0) is 11.1. The lowest BCUT2D eigenvalue weighted by molar-refractivity contribution is -0.141. The molecule has 0 unspecified atom stereocenters. The predicted octanol–water partition coefficient (Wildman–Crippen LogP) is 0.836. The molecule has 5 nitrogen and oxygen atoms in total. The molecule has 0 saturated heterocycles. The molecule has 0 bridgehead atoms. The van der Waals surface area contributed by atoms with E-state index in [1.54, 1.807) is 12.1 Å². The Morgan fingerprint density at radius 3 is 2.87 bits per heavy atom. The van der Waals surface area contributed by atoms with Gasteiger partial charge in [-0.3, -0.25) is 9.59 Å². The molecule has 0 aromatic carbocycles. The first kappa shape index (κ1) is 11.2. The van der Waals surface area contributed by atoms with Crippen molar-refractivity contribution >= 4 is 12.3 Å². The first-order valence-electron chi connectivity index (χ1n) is 4.37. The highest BCUT2D eigenvalue weighted by atomic mass is 16.5. The average Bonchev–Trinajstić information content (AvgIpc) is 2.29. The van der Waals surface area contributed by atoms with E-state index in [0.29, 0.717) is 17.7 Å². The second-order valence-electron chi connectivity index (χ2n) is 2.71. The number of carbonyl (C=O) groups excluding carboxylic acids is 2. The molecule has 1 aromatic heterocycles.